The predicted octanol–water partition coefficient (Wildman–Crippen LogP) is 2.74. The van der Waals surface area contributed by atoms with Crippen molar-refractivity contribution in [1.29, 1.82) is 0 Å². The second-order valence-electron chi connectivity index (χ2n) is 5.48. The van der Waals surface area contributed by atoms with E-state index in [0.29, 0.717) is 12.2 Å². The number of aromatic amines is 1. The molecule has 0 amide bonds. The van der Waals surface area contributed by atoms with Gasteiger partial charge in [-0.15, -0.1) is 11.3 Å². The monoisotopic (exact) mass is 369 g/mol. The Morgan fingerprint density at radius 3 is 2.58 bits per heavy atom. The van der Waals surface area contributed by atoms with Crippen molar-refractivity contribution < 1.29 is 19.8 Å². The minimum Gasteiger partial charge on any atom is -0.478 e. The first kappa shape index (κ1) is 17.6. The van der Waals surface area contributed by atoms with Crippen LogP contribution in [0.15, 0.2) is 48.9 Å². The summed E-state index contributed by atoms with van der Waals surface area (Å²) in [4.78, 5) is 32.4. The van der Waals surface area contributed by atoms with E-state index < -0.39 is 11.9 Å². The van der Waals surface area contributed by atoms with Gasteiger partial charge < -0.3 is 15.2 Å². The van der Waals surface area contributed by atoms with Crippen molar-refractivity contribution in [2.75, 3.05) is 0 Å². The van der Waals surface area contributed by atoms with Crippen molar-refractivity contribution in [3.05, 3.63) is 70.1 Å². The van der Waals surface area contributed by atoms with E-state index in [1.54, 1.807) is 6.33 Å². The Labute approximate surface area is 152 Å². The molecule has 0 radical (unpaired) electrons. The van der Waals surface area contributed by atoms with Gasteiger partial charge in [-0.2, -0.15) is 0 Å². The number of nitrogens with one attached hydrogen (secondary N) is 1. The maximum absolute atomic E-state index is 9.55. The van der Waals surface area contributed by atoms with Crippen LogP contribution in [0, 0.1) is 0 Å². The summed E-state index contributed by atoms with van der Waals surface area (Å²) in [6, 6.07) is 8.54. The topological polar surface area (TPSA) is 116 Å². The first-order valence-corrected chi connectivity index (χ1v) is 8.52. The molecule has 0 unspecified atom stereocenters. The van der Waals surface area contributed by atoms with Crippen molar-refractivity contribution >= 4 is 23.3 Å². The number of nitrogens with zero attached hydrogens (tertiary/aromatic N) is 2. The lowest BCUT2D eigenvalue weighted by atomic mass is 10.1. The van der Waals surface area contributed by atoms with Gasteiger partial charge in [-0.25, -0.2) is 19.6 Å². The number of thiazole rings is 1. The van der Waals surface area contributed by atoms with E-state index in [2.05, 4.69) is 34.2 Å². The summed E-state index contributed by atoms with van der Waals surface area (Å²) < 4.78 is 0. The van der Waals surface area contributed by atoms with E-state index in [0.717, 1.165) is 18.5 Å². The summed E-state index contributed by atoms with van der Waals surface area (Å²) in [5, 5.41) is 16.8. The molecule has 4 rings (SSSR count). The van der Waals surface area contributed by atoms with Gasteiger partial charge in [0.2, 0.25) is 0 Å². The fourth-order valence-corrected chi connectivity index (χ4v) is 3.70. The molecule has 0 saturated carbocycles. The van der Waals surface area contributed by atoms with Gasteiger partial charge in [0.1, 0.15) is 0 Å². The number of rotatable bonds is 4. The zero-order valence-electron chi connectivity index (χ0n) is 13.5. The second-order valence-corrected chi connectivity index (χ2v) is 6.64. The number of H-pyrrole nitrogens is 1. The molecule has 0 fully saturated rings. The largest absolute Gasteiger partial charge is 0.478 e. The third kappa shape index (κ3) is 4.22. The summed E-state index contributed by atoms with van der Waals surface area (Å²) >= 11 is 1.82. The van der Waals surface area contributed by atoms with Crippen LogP contribution in [0.1, 0.15) is 21.1 Å². The standard InChI is InChI=1S/C14H11N3S.C4H4O4/c1-2-4-11-9(3-1)5-12-14(11)17-13(18-12)6-10-7-15-8-16-10;5-3(6)1-2-4(7)8/h1-4,7-8H,5-6H2,(H,15,16);1-2H,(H,5,6)(H,7,8)/b;2-1+. The minimum atomic E-state index is -1.26. The molecule has 1 aliphatic rings. The van der Waals surface area contributed by atoms with E-state index in [-0.39, 0.29) is 0 Å². The van der Waals surface area contributed by atoms with Crippen molar-refractivity contribution in [2.45, 2.75) is 12.8 Å². The fraction of sp³-hybridized carbons (Fsp3) is 0.111. The van der Waals surface area contributed by atoms with E-state index in [1.807, 2.05) is 17.5 Å². The van der Waals surface area contributed by atoms with Gasteiger partial charge in [0.05, 0.1) is 17.0 Å². The van der Waals surface area contributed by atoms with Gasteiger partial charge in [0.15, 0.2) is 0 Å². The first-order valence-electron chi connectivity index (χ1n) is 7.71. The van der Waals surface area contributed by atoms with E-state index >= 15 is 0 Å². The number of carboxylic acid groups (broad SMARTS) is 2. The van der Waals surface area contributed by atoms with Gasteiger partial charge in [-0.3, -0.25) is 0 Å². The molecule has 0 atom stereocenters. The van der Waals surface area contributed by atoms with Crippen molar-refractivity contribution in [1.82, 2.24) is 15.0 Å². The number of aliphatic carboxylic acids is 2. The zero-order chi connectivity index (χ0) is 18.5. The quantitative estimate of drug-likeness (QED) is 0.476. The highest BCUT2D eigenvalue weighted by molar-refractivity contribution is 7.12. The summed E-state index contributed by atoms with van der Waals surface area (Å²) in [6.45, 7) is 0. The SMILES string of the molecule is O=C(O)/C=C/C(=O)O.c1ccc2c(c1)Cc1sc(Cc3cnc[nH]3)nc1-2. The van der Waals surface area contributed by atoms with Crippen LogP contribution in [0.25, 0.3) is 11.3 Å². The smallest absolute Gasteiger partial charge is 0.328 e. The molecule has 1 aliphatic carbocycles. The molecule has 1 aromatic carbocycles. The molecule has 3 aromatic rings. The number of benzene rings is 1. The predicted molar refractivity (Wildman–Crippen MR) is 96.2 cm³/mol. The molecule has 2 heterocycles. The Balaban J connectivity index is 0.000000211. The summed E-state index contributed by atoms with van der Waals surface area (Å²) in [7, 11) is 0. The van der Waals surface area contributed by atoms with Crippen molar-refractivity contribution in [2.24, 2.45) is 0 Å². The number of carboxylic acids is 2. The molecule has 7 nitrogen and oxygen atoms in total. The third-order valence-electron chi connectivity index (χ3n) is 3.63. The Morgan fingerprint density at radius 2 is 1.92 bits per heavy atom. The zero-order valence-corrected chi connectivity index (χ0v) is 14.4. The Kier molecular flexibility index (Phi) is 5.23. The second kappa shape index (κ2) is 7.75. The highest BCUT2D eigenvalue weighted by Crippen LogP contribution is 2.39. The van der Waals surface area contributed by atoms with Crippen molar-refractivity contribution in [3.63, 3.8) is 0 Å². The number of hydrogen-bond donors (Lipinski definition) is 3. The van der Waals surface area contributed by atoms with Crippen LogP contribution >= 0.6 is 11.3 Å². The van der Waals surface area contributed by atoms with Crippen LogP contribution in [0.4, 0.5) is 0 Å². The number of carbonyl (C=O) groups is 2. The van der Waals surface area contributed by atoms with Crippen molar-refractivity contribution in [3.8, 4) is 11.3 Å². The van der Waals surface area contributed by atoms with E-state index in [1.165, 1.54) is 26.7 Å². The summed E-state index contributed by atoms with van der Waals surface area (Å²) in [6.07, 6.45) is 6.57. The van der Waals surface area contributed by atoms with Gasteiger partial charge in [0.25, 0.3) is 0 Å². The average Bonchev–Trinajstić information content (AvgIpc) is 3.30. The van der Waals surface area contributed by atoms with Gasteiger partial charge in [0, 0.05) is 47.3 Å². The molecule has 132 valence electrons. The van der Waals surface area contributed by atoms with Crippen LogP contribution in [0.2, 0.25) is 0 Å². The molecule has 0 bridgehead atoms. The molecule has 26 heavy (non-hydrogen) atoms. The number of fused-ring (bicyclic) bond motifs is 3. The van der Waals surface area contributed by atoms with Crippen LogP contribution in [-0.4, -0.2) is 37.1 Å². The van der Waals surface area contributed by atoms with E-state index in [9.17, 15) is 9.59 Å². The summed E-state index contributed by atoms with van der Waals surface area (Å²) in [5.74, 6) is -2.51. The highest BCUT2D eigenvalue weighted by atomic mass is 32.1. The Bertz CT molecular complexity index is 945. The summed E-state index contributed by atoms with van der Waals surface area (Å²) in [5.41, 5.74) is 5.01. The average molecular weight is 369 g/mol. The number of hydrogen-bond acceptors (Lipinski definition) is 5. The van der Waals surface area contributed by atoms with E-state index in [4.69, 9.17) is 15.2 Å². The maximum Gasteiger partial charge on any atom is 0.328 e. The fourth-order valence-electron chi connectivity index (χ4n) is 2.57. The molecule has 3 N–H and O–H groups in total. The van der Waals surface area contributed by atoms with Gasteiger partial charge in [-0.05, 0) is 5.56 Å². The number of aromatic nitrogens is 3. The lowest BCUT2D eigenvalue weighted by Crippen LogP contribution is -1.91. The molecule has 2 aromatic heterocycles. The van der Waals surface area contributed by atoms with Crippen LogP contribution in [-0.2, 0) is 22.4 Å². The Hall–Kier alpha value is -3.26. The third-order valence-corrected chi connectivity index (χ3v) is 4.69. The highest BCUT2D eigenvalue weighted by Gasteiger charge is 2.22. The first-order chi connectivity index (χ1) is 12.5. The maximum atomic E-state index is 9.55. The molecule has 0 saturated heterocycles. The molecule has 0 aliphatic heterocycles. The molecule has 0 spiro atoms. The Morgan fingerprint density at radius 1 is 1.19 bits per heavy atom. The van der Waals surface area contributed by atoms with Gasteiger partial charge in [-0.1, -0.05) is 24.3 Å². The number of imidazole rings is 1. The molecular formula is C18H15N3O4S. The van der Waals surface area contributed by atoms with Gasteiger partial charge >= 0.3 is 11.9 Å². The lowest BCUT2D eigenvalue weighted by molar-refractivity contribution is -0.134. The van der Waals surface area contributed by atoms with Crippen LogP contribution in [0.5, 0.6) is 0 Å². The molecule has 8 heteroatoms. The lowest BCUT2D eigenvalue weighted by Gasteiger charge is -1.97. The normalized spacial score (nSPS) is 11.5. The van der Waals surface area contributed by atoms with Crippen LogP contribution in [0.3, 0.4) is 0 Å². The van der Waals surface area contributed by atoms with Crippen LogP contribution < -0.4 is 0 Å². The minimum absolute atomic E-state index is 0.558. The molecular weight excluding hydrogens is 354 g/mol.